The predicted octanol–water partition coefficient (Wildman–Crippen LogP) is 2.56. The molecule has 5 nitrogen and oxygen atoms in total. The van der Waals surface area contributed by atoms with E-state index in [1.807, 2.05) is 18.2 Å². The molecule has 0 radical (unpaired) electrons. The number of pyridine rings is 1. The summed E-state index contributed by atoms with van der Waals surface area (Å²) in [7, 11) is -3.34. The van der Waals surface area contributed by atoms with Crippen LogP contribution in [0.5, 0.6) is 0 Å². The minimum absolute atomic E-state index is 0.0838. The first-order valence-electron chi connectivity index (χ1n) is 7.97. The molecule has 1 atom stereocenters. The normalized spacial score (nSPS) is 18.4. The molecule has 1 fully saturated rings. The van der Waals surface area contributed by atoms with Crippen molar-refractivity contribution in [2.75, 3.05) is 18.8 Å². The zero-order chi connectivity index (χ0) is 17.0. The van der Waals surface area contributed by atoms with Crippen molar-refractivity contribution < 1.29 is 8.42 Å². The summed E-state index contributed by atoms with van der Waals surface area (Å²) < 4.78 is 25.0. The average molecular weight is 341 g/mol. The van der Waals surface area contributed by atoms with Gasteiger partial charge >= 0.3 is 0 Å². The van der Waals surface area contributed by atoms with E-state index in [9.17, 15) is 8.42 Å². The molecule has 1 saturated heterocycles. The third-order valence-corrected chi connectivity index (χ3v) is 6.15. The highest BCUT2D eigenvalue weighted by Gasteiger charge is 2.27. The van der Waals surface area contributed by atoms with Crippen LogP contribution >= 0.6 is 0 Å². The largest absolute Gasteiger partial charge is 0.295 e. The van der Waals surface area contributed by atoms with Gasteiger partial charge in [0.15, 0.2) is 9.84 Å². The molecule has 1 aromatic heterocycles. The van der Waals surface area contributed by atoms with Gasteiger partial charge in [0.2, 0.25) is 0 Å². The van der Waals surface area contributed by atoms with Crippen LogP contribution in [-0.4, -0.2) is 37.1 Å². The van der Waals surface area contributed by atoms with Crippen LogP contribution in [0.4, 0.5) is 0 Å². The Hall–Kier alpha value is -2.23. The number of benzene rings is 1. The van der Waals surface area contributed by atoms with Gasteiger partial charge in [-0.05, 0) is 61.3 Å². The first kappa shape index (κ1) is 16.6. The van der Waals surface area contributed by atoms with Crippen LogP contribution in [-0.2, 0) is 9.84 Å². The fraction of sp³-hybridized carbons (Fsp3) is 0.333. The molecule has 1 aliphatic heterocycles. The number of aromatic nitrogens is 1. The molecule has 3 rings (SSSR count). The molecule has 2 aromatic rings. The molecule has 1 aliphatic rings. The first-order valence-corrected chi connectivity index (χ1v) is 9.62. The predicted molar refractivity (Wildman–Crippen MR) is 91.0 cm³/mol. The summed E-state index contributed by atoms with van der Waals surface area (Å²) in [6.07, 6.45) is 5.67. The van der Waals surface area contributed by atoms with Crippen LogP contribution in [0, 0.1) is 11.3 Å². The summed E-state index contributed by atoms with van der Waals surface area (Å²) in [5, 5.41) is 8.81. The van der Waals surface area contributed by atoms with Crippen LogP contribution in [0.1, 0.15) is 30.0 Å². The standard InChI is InChI=1S/C18H19N3O2S/c19-14-15-3-5-17(6-4-15)24(22,23)13-12-21-11-1-2-18(21)16-7-9-20-10-8-16/h3-10,18H,1-2,11-13H2/t18-/m0/s1. The Labute approximate surface area is 142 Å². The van der Waals surface area contributed by atoms with Crippen LogP contribution in [0.15, 0.2) is 53.7 Å². The number of rotatable bonds is 5. The van der Waals surface area contributed by atoms with Crippen molar-refractivity contribution in [3.8, 4) is 6.07 Å². The summed E-state index contributed by atoms with van der Waals surface area (Å²) in [5.74, 6) is 0.0838. The minimum atomic E-state index is -3.34. The van der Waals surface area contributed by atoms with Crippen LogP contribution in [0.25, 0.3) is 0 Å². The number of sulfone groups is 1. The van der Waals surface area contributed by atoms with Gasteiger partial charge in [0.25, 0.3) is 0 Å². The molecule has 124 valence electrons. The van der Waals surface area contributed by atoms with E-state index in [1.54, 1.807) is 24.5 Å². The molecule has 0 spiro atoms. The number of nitriles is 1. The van der Waals surface area contributed by atoms with E-state index >= 15 is 0 Å². The molecular weight excluding hydrogens is 322 g/mol. The second kappa shape index (κ2) is 7.12. The lowest BCUT2D eigenvalue weighted by atomic mass is 10.1. The van der Waals surface area contributed by atoms with Crippen molar-refractivity contribution in [3.05, 3.63) is 59.9 Å². The van der Waals surface area contributed by atoms with Gasteiger partial charge in [-0.25, -0.2) is 8.42 Å². The molecule has 0 unspecified atom stereocenters. The van der Waals surface area contributed by atoms with E-state index in [0.29, 0.717) is 12.1 Å². The van der Waals surface area contributed by atoms with Gasteiger partial charge in [0, 0.05) is 25.0 Å². The van der Waals surface area contributed by atoms with E-state index in [1.165, 1.54) is 17.7 Å². The zero-order valence-electron chi connectivity index (χ0n) is 13.3. The minimum Gasteiger partial charge on any atom is -0.295 e. The topological polar surface area (TPSA) is 74.1 Å². The molecule has 0 aliphatic carbocycles. The Kier molecular flexibility index (Phi) is 4.93. The highest BCUT2D eigenvalue weighted by atomic mass is 32.2. The highest BCUT2D eigenvalue weighted by Crippen LogP contribution is 2.31. The van der Waals surface area contributed by atoms with E-state index in [-0.39, 0.29) is 16.7 Å². The van der Waals surface area contributed by atoms with Crippen molar-refractivity contribution in [2.45, 2.75) is 23.8 Å². The summed E-state index contributed by atoms with van der Waals surface area (Å²) in [4.78, 5) is 6.56. The fourth-order valence-corrected chi connectivity index (χ4v) is 4.41. The molecule has 0 N–H and O–H groups in total. The summed E-state index contributed by atoms with van der Waals surface area (Å²) in [6, 6.07) is 12.4. The summed E-state index contributed by atoms with van der Waals surface area (Å²) >= 11 is 0. The average Bonchev–Trinajstić information content (AvgIpc) is 3.09. The fourth-order valence-electron chi connectivity index (χ4n) is 3.15. The lowest BCUT2D eigenvalue weighted by Crippen LogP contribution is -2.29. The number of hydrogen-bond acceptors (Lipinski definition) is 5. The van der Waals surface area contributed by atoms with E-state index < -0.39 is 9.84 Å². The van der Waals surface area contributed by atoms with Crippen LogP contribution in [0.2, 0.25) is 0 Å². The van der Waals surface area contributed by atoms with Crippen molar-refractivity contribution >= 4 is 9.84 Å². The molecule has 6 heteroatoms. The van der Waals surface area contributed by atoms with Gasteiger partial charge in [-0.3, -0.25) is 9.88 Å². The quantitative estimate of drug-likeness (QED) is 0.835. The van der Waals surface area contributed by atoms with Crippen molar-refractivity contribution in [2.24, 2.45) is 0 Å². The highest BCUT2D eigenvalue weighted by molar-refractivity contribution is 7.91. The Morgan fingerprint density at radius 2 is 1.88 bits per heavy atom. The van der Waals surface area contributed by atoms with Crippen molar-refractivity contribution in [3.63, 3.8) is 0 Å². The zero-order valence-corrected chi connectivity index (χ0v) is 14.1. The molecule has 1 aromatic carbocycles. The number of likely N-dealkylation sites (tertiary alicyclic amines) is 1. The van der Waals surface area contributed by atoms with Gasteiger partial charge in [-0.1, -0.05) is 0 Å². The lowest BCUT2D eigenvalue weighted by Gasteiger charge is -2.24. The van der Waals surface area contributed by atoms with Crippen LogP contribution in [0.3, 0.4) is 0 Å². The molecule has 0 amide bonds. The molecule has 2 heterocycles. The monoisotopic (exact) mass is 341 g/mol. The Balaban J connectivity index is 1.68. The molecular formula is C18H19N3O2S. The summed E-state index contributed by atoms with van der Waals surface area (Å²) in [5.41, 5.74) is 1.66. The number of hydrogen-bond donors (Lipinski definition) is 0. The van der Waals surface area contributed by atoms with Crippen molar-refractivity contribution in [1.82, 2.24) is 9.88 Å². The second-order valence-electron chi connectivity index (χ2n) is 5.93. The molecule has 0 saturated carbocycles. The van der Waals surface area contributed by atoms with Crippen molar-refractivity contribution in [1.29, 1.82) is 5.26 Å². The smallest absolute Gasteiger partial charge is 0.179 e. The summed E-state index contributed by atoms with van der Waals surface area (Å²) in [6.45, 7) is 1.42. The van der Waals surface area contributed by atoms with Gasteiger partial charge < -0.3 is 0 Å². The van der Waals surface area contributed by atoms with E-state index in [2.05, 4.69) is 9.88 Å². The van der Waals surface area contributed by atoms with Gasteiger partial charge in [0.1, 0.15) is 0 Å². The van der Waals surface area contributed by atoms with Gasteiger partial charge in [-0.2, -0.15) is 5.26 Å². The Bertz CT molecular complexity index is 827. The van der Waals surface area contributed by atoms with E-state index in [4.69, 9.17) is 5.26 Å². The molecule has 24 heavy (non-hydrogen) atoms. The number of nitrogens with zero attached hydrogens (tertiary/aromatic N) is 3. The van der Waals surface area contributed by atoms with Gasteiger partial charge in [0.05, 0.1) is 22.3 Å². The molecule has 0 bridgehead atoms. The maximum absolute atomic E-state index is 12.5. The SMILES string of the molecule is N#Cc1ccc(S(=O)(=O)CCN2CCC[C@H]2c2ccncc2)cc1. The lowest BCUT2D eigenvalue weighted by molar-refractivity contribution is 0.272. The van der Waals surface area contributed by atoms with Gasteiger partial charge in [-0.15, -0.1) is 0 Å². The second-order valence-corrected chi connectivity index (χ2v) is 8.04. The first-order chi connectivity index (χ1) is 11.6. The van der Waals surface area contributed by atoms with Crippen LogP contribution < -0.4 is 0 Å². The third kappa shape index (κ3) is 3.64. The third-order valence-electron chi connectivity index (χ3n) is 4.44. The maximum atomic E-state index is 12.5. The Morgan fingerprint density at radius 3 is 2.54 bits per heavy atom. The van der Waals surface area contributed by atoms with E-state index in [0.717, 1.165) is 19.4 Å². The maximum Gasteiger partial charge on any atom is 0.179 e. The Morgan fingerprint density at radius 1 is 1.17 bits per heavy atom.